The zero-order valence-electron chi connectivity index (χ0n) is 12.4. The standard InChI is InChI=1S/C16H21NO4/c1-11(2)10-21-15(20)17-16(14(18)19)8-7-12-5-3-4-6-13(12)9-16/h3-6,11H,7-10H2,1-2H3,(H,17,20)(H,18,19). The first-order valence-electron chi connectivity index (χ1n) is 7.18. The maximum absolute atomic E-state index is 11.8. The molecule has 5 heteroatoms. The number of rotatable bonds is 4. The predicted octanol–water partition coefficient (Wildman–Crippen LogP) is 2.38. The van der Waals surface area contributed by atoms with E-state index < -0.39 is 17.6 Å². The molecular formula is C16H21NO4. The van der Waals surface area contributed by atoms with Crippen LogP contribution in [0.15, 0.2) is 24.3 Å². The summed E-state index contributed by atoms with van der Waals surface area (Å²) in [6.07, 6.45) is 0.628. The van der Waals surface area contributed by atoms with Crippen molar-refractivity contribution in [1.82, 2.24) is 5.32 Å². The van der Waals surface area contributed by atoms with E-state index in [4.69, 9.17) is 4.74 Å². The van der Waals surface area contributed by atoms with Crippen molar-refractivity contribution in [2.75, 3.05) is 6.61 Å². The SMILES string of the molecule is CC(C)COC(=O)NC1(C(=O)O)CCc2ccccc2C1. The maximum Gasteiger partial charge on any atom is 0.408 e. The van der Waals surface area contributed by atoms with Gasteiger partial charge in [0.25, 0.3) is 0 Å². The number of fused-ring (bicyclic) bond motifs is 1. The number of nitrogens with one attached hydrogen (secondary N) is 1. The Labute approximate surface area is 124 Å². The number of benzene rings is 1. The maximum atomic E-state index is 11.8. The summed E-state index contributed by atoms with van der Waals surface area (Å²) >= 11 is 0. The first-order valence-corrected chi connectivity index (χ1v) is 7.18. The summed E-state index contributed by atoms with van der Waals surface area (Å²) in [6.45, 7) is 4.13. The van der Waals surface area contributed by atoms with E-state index in [1.54, 1.807) is 0 Å². The summed E-state index contributed by atoms with van der Waals surface area (Å²) in [5.41, 5.74) is 0.838. The second-order valence-corrected chi connectivity index (χ2v) is 5.95. The molecule has 0 bridgehead atoms. The minimum Gasteiger partial charge on any atom is -0.479 e. The third-order valence-corrected chi connectivity index (χ3v) is 3.73. The fourth-order valence-corrected chi connectivity index (χ4v) is 2.55. The van der Waals surface area contributed by atoms with Crippen LogP contribution in [0.1, 0.15) is 31.4 Å². The molecular weight excluding hydrogens is 270 g/mol. The lowest BCUT2D eigenvalue weighted by molar-refractivity contribution is -0.145. The highest BCUT2D eigenvalue weighted by molar-refractivity contribution is 5.85. The van der Waals surface area contributed by atoms with E-state index in [-0.39, 0.29) is 18.9 Å². The number of aliphatic carboxylic acids is 1. The van der Waals surface area contributed by atoms with Gasteiger partial charge in [-0.1, -0.05) is 38.1 Å². The minimum absolute atomic E-state index is 0.212. The second kappa shape index (κ2) is 6.16. The van der Waals surface area contributed by atoms with E-state index in [2.05, 4.69) is 5.32 Å². The average Bonchev–Trinajstić information content (AvgIpc) is 2.45. The van der Waals surface area contributed by atoms with Gasteiger partial charge in [-0.25, -0.2) is 9.59 Å². The molecule has 5 nitrogen and oxygen atoms in total. The molecule has 1 amide bonds. The van der Waals surface area contributed by atoms with Crippen LogP contribution in [0, 0.1) is 5.92 Å². The lowest BCUT2D eigenvalue weighted by Gasteiger charge is -2.34. The van der Waals surface area contributed by atoms with Gasteiger partial charge in [-0.15, -0.1) is 0 Å². The predicted molar refractivity (Wildman–Crippen MR) is 78.2 cm³/mol. The molecule has 1 atom stereocenters. The van der Waals surface area contributed by atoms with Gasteiger partial charge in [-0.3, -0.25) is 0 Å². The van der Waals surface area contributed by atoms with Gasteiger partial charge in [0, 0.05) is 6.42 Å². The molecule has 0 aromatic heterocycles. The van der Waals surface area contributed by atoms with Gasteiger partial charge in [0.05, 0.1) is 6.61 Å². The highest BCUT2D eigenvalue weighted by Crippen LogP contribution is 2.29. The van der Waals surface area contributed by atoms with Crippen LogP contribution in [0.2, 0.25) is 0 Å². The van der Waals surface area contributed by atoms with E-state index in [1.807, 2.05) is 38.1 Å². The normalized spacial score (nSPS) is 20.7. The lowest BCUT2D eigenvalue weighted by Crippen LogP contribution is -2.58. The highest BCUT2D eigenvalue weighted by atomic mass is 16.5. The second-order valence-electron chi connectivity index (χ2n) is 5.95. The fraction of sp³-hybridized carbons (Fsp3) is 0.500. The van der Waals surface area contributed by atoms with Crippen LogP contribution < -0.4 is 5.32 Å². The Hall–Kier alpha value is -2.04. The summed E-state index contributed by atoms with van der Waals surface area (Å²) in [5, 5.41) is 12.1. The Morgan fingerprint density at radius 2 is 2.00 bits per heavy atom. The Bertz CT molecular complexity index is 541. The van der Waals surface area contributed by atoms with Crippen molar-refractivity contribution in [3.8, 4) is 0 Å². The average molecular weight is 291 g/mol. The molecule has 0 fully saturated rings. The topological polar surface area (TPSA) is 75.6 Å². The number of alkyl carbamates (subject to hydrolysis) is 1. The van der Waals surface area contributed by atoms with Crippen LogP contribution in [-0.2, 0) is 22.4 Å². The summed E-state index contributed by atoms with van der Waals surface area (Å²) in [6, 6.07) is 7.73. The highest BCUT2D eigenvalue weighted by Gasteiger charge is 2.43. The third kappa shape index (κ3) is 3.54. The van der Waals surface area contributed by atoms with Gasteiger partial charge in [0.2, 0.25) is 0 Å². The van der Waals surface area contributed by atoms with E-state index in [9.17, 15) is 14.7 Å². The van der Waals surface area contributed by atoms with Crippen molar-refractivity contribution in [3.05, 3.63) is 35.4 Å². The Morgan fingerprint density at radius 1 is 1.33 bits per heavy atom. The Kier molecular flexibility index (Phi) is 4.50. The van der Waals surface area contributed by atoms with E-state index >= 15 is 0 Å². The molecule has 0 saturated heterocycles. The van der Waals surface area contributed by atoms with Gasteiger partial charge in [0.1, 0.15) is 5.54 Å². The van der Waals surface area contributed by atoms with Crippen molar-refractivity contribution in [2.24, 2.45) is 5.92 Å². The number of carbonyl (C=O) groups is 2. The van der Waals surface area contributed by atoms with Crippen LogP contribution in [0.3, 0.4) is 0 Å². The van der Waals surface area contributed by atoms with E-state index in [0.29, 0.717) is 12.8 Å². The monoisotopic (exact) mass is 291 g/mol. The largest absolute Gasteiger partial charge is 0.479 e. The molecule has 1 aliphatic rings. The molecule has 2 N–H and O–H groups in total. The zero-order chi connectivity index (χ0) is 15.5. The van der Waals surface area contributed by atoms with Crippen molar-refractivity contribution in [2.45, 2.75) is 38.6 Å². The molecule has 1 unspecified atom stereocenters. The van der Waals surface area contributed by atoms with Crippen LogP contribution in [-0.4, -0.2) is 29.3 Å². The van der Waals surface area contributed by atoms with Crippen LogP contribution in [0.25, 0.3) is 0 Å². The van der Waals surface area contributed by atoms with Crippen molar-refractivity contribution >= 4 is 12.1 Å². The first kappa shape index (κ1) is 15.4. The van der Waals surface area contributed by atoms with Gasteiger partial charge in [0.15, 0.2) is 0 Å². The molecule has 1 aromatic carbocycles. The van der Waals surface area contributed by atoms with Crippen molar-refractivity contribution in [3.63, 3.8) is 0 Å². The van der Waals surface area contributed by atoms with Crippen molar-refractivity contribution in [1.29, 1.82) is 0 Å². The quantitative estimate of drug-likeness (QED) is 0.893. The smallest absolute Gasteiger partial charge is 0.408 e. The van der Waals surface area contributed by atoms with Gasteiger partial charge in [-0.05, 0) is 29.9 Å². The number of carboxylic acids is 1. The number of carboxylic acid groups (broad SMARTS) is 1. The zero-order valence-corrected chi connectivity index (χ0v) is 12.4. The summed E-state index contributed by atoms with van der Waals surface area (Å²) < 4.78 is 5.06. The first-order chi connectivity index (χ1) is 9.93. The van der Waals surface area contributed by atoms with Gasteiger partial charge in [-0.2, -0.15) is 0 Å². The van der Waals surface area contributed by atoms with E-state index in [0.717, 1.165) is 11.1 Å². The molecule has 21 heavy (non-hydrogen) atoms. The molecule has 0 saturated carbocycles. The number of hydrogen-bond acceptors (Lipinski definition) is 3. The van der Waals surface area contributed by atoms with Gasteiger partial charge >= 0.3 is 12.1 Å². The minimum atomic E-state index is -1.28. The fourth-order valence-electron chi connectivity index (χ4n) is 2.55. The molecule has 114 valence electrons. The summed E-state index contributed by atoms with van der Waals surface area (Å²) in [4.78, 5) is 23.5. The molecule has 1 aliphatic carbocycles. The lowest BCUT2D eigenvalue weighted by atomic mass is 9.78. The van der Waals surface area contributed by atoms with Crippen LogP contribution >= 0.6 is 0 Å². The molecule has 2 rings (SSSR count). The molecule has 0 radical (unpaired) electrons. The number of hydrogen-bond donors (Lipinski definition) is 2. The van der Waals surface area contributed by atoms with Gasteiger partial charge < -0.3 is 15.2 Å². The number of aryl methyl sites for hydroxylation is 1. The Balaban J connectivity index is 2.12. The molecule has 0 aliphatic heterocycles. The number of amides is 1. The molecule has 1 aromatic rings. The third-order valence-electron chi connectivity index (χ3n) is 3.73. The Morgan fingerprint density at radius 3 is 2.62 bits per heavy atom. The number of ether oxygens (including phenoxy) is 1. The number of carbonyl (C=O) groups excluding carboxylic acids is 1. The van der Waals surface area contributed by atoms with E-state index in [1.165, 1.54) is 0 Å². The molecule has 0 spiro atoms. The molecule has 0 heterocycles. The van der Waals surface area contributed by atoms with Crippen molar-refractivity contribution < 1.29 is 19.4 Å². The summed E-state index contributed by atoms with van der Waals surface area (Å²) in [7, 11) is 0. The van der Waals surface area contributed by atoms with Crippen LogP contribution in [0.5, 0.6) is 0 Å². The summed E-state index contributed by atoms with van der Waals surface area (Å²) in [5.74, 6) is -0.804. The van der Waals surface area contributed by atoms with Crippen LogP contribution in [0.4, 0.5) is 4.79 Å².